The van der Waals surface area contributed by atoms with Crippen molar-refractivity contribution in [3.63, 3.8) is 0 Å². The van der Waals surface area contributed by atoms with Crippen LogP contribution < -0.4 is 10.6 Å². The number of ether oxygens (including phenoxy) is 1. The first-order chi connectivity index (χ1) is 8.11. The number of nitrogen functional groups attached to an aromatic ring is 1. The number of hydrogen-bond acceptors (Lipinski definition) is 4. The summed E-state index contributed by atoms with van der Waals surface area (Å²) in [4.78, 5) is 5.52. The summed E-state index contributed by atoms with van der Waals surface area (Å²) in [6, 6.07) is 0.778. The number of nitrogens with zero attached hydrogens (tertiary/aromatic N) is 2. The number of methoxy groups -OCH3 is 1. The average Bonchev–Trinajstić information content (AvgIpc) is 2.34. The van der Waals surface area contributed by atoms with Gasteiger partial charge >= 0.3 is 0 Å². The highest BCUT2D eigenvalue weighted by molar-refractivity contribution is 5.47. The summed E-state index contributed by atoms with van der Waals surface area (Å²) in [6.45, 7) is 1.26. The second-order valence-corrected chi connectivity index (χ2v) is 4.08. The zero-order valence-corrected chi connectivity index (χ0v) is 9.62. The van der Waals surface area contributed by atoms with E-state index < -0.39 is 11.6 Å². The highest BCUT2D eigenvalue weighted by Crippen LogP contribution is 2.24. The maximum Gasteiger partial charge on any atom is 0.168 e. The van der Waals surface area contributed by atoms with E-state index in [-0.39, 0.29) is 17.7 Å². The van der Waals surface area contributed by atoms with Crippen LogP contribution in [0.15, 0.2) is 6.07 Å². The molecule has 0 saturated carbocycles. The van der Waals surface area contributed by atoms with Gasteiger partial charge in [0, 0.05) is 26.3 Å². The molecule has 0 spiro atoms. The van der Waals surface area contributed by atoms with E-state index in [1.807, 2.05) is 0 Å². The Morgan fingerprint density at radius 1 is 1.35 bits per heavy atom. The van der Waals surface area contributed by atoms with Crippen LogP contribution in [0.3, 0.4) is 0 Å². The second-order valence-electron chi connectivity index (χ2n) is 4.08. The van der Waals surface area contributed by atoms with E-state index in [0.717, 1.165) is 18.9 Å². The predicted octanol–water partition coefficient (Wildman–Crippen LogP) is 1.56. The predicted molar refractivity (Wildman–Crippen MR) is 60.8 cm³/mol. The summed E-state index contributed by atoms with van der Waals surface area (Å²) in [5.74, 6) is -1.64. The van der Waals surface area contributed by atoms with E-state index in [1.54, 1.807) is 12.0 Å². The number of rotatable bonds is 2. The van der Waals surface area contributed by atoms with Crippen molar-refractivity contribution in [2.24, 2.45) is 0 Å². The molecule has 2 heterocycles. The third kappa shape index (κ3) is 2.46. The molecule has 0 unspecified atom stereocenters. The molecular formula is C11H15F2N3O. The lowest BCUT2D eigenvalue weighted by atomic mass is 10.1. The summed E-state index contributed by atoms with van der Waals surface area (Å²) in [6.07, 6.45) is 1.80. The first-order valence-electron chi connectivity index (χ1n) is 5.51. The van der Waals surface area contributed by atoms with Crippen LogP contribution in [-0.4, -0.2) is 31.3 Å². The van der Waals surface area contributed by atoms with E-state index in [0.29, 0.717) is 13.1 Å². The molecule has 0 aliphatic carbocycles. The van der Waals surface area contributed by atoms with Crippen LogP contribution in [0, 0.1) is 11.6 Å². The van der Waals surface area contributed by atoms with E-state index in [2.05, 4.69) is 4.98 Å². The van der Waals surface area contributed by atoms with E-state index in [9.17, 15) is 8.78 Å². The van der Waals surface area contributed by atoms with Crippen LogP contribution in [0.5, 0.6) is 0 Å². The van der Waals surface area contributed by atoms with Crippen molar-refractivity contribution >= 4 is 11.6 Å². The lowest BCUT2D eigenvalue weighted by Gasteiger charge is -2.32. The van der Waals surface area contributed by atoms with Crippen LogP contribution in [0.25, 0.3) is 0 Å². The van der Waals surface area contributed by atoms with Crippen molar-refractivity contribution in [2.45, 2.75) is 18.9 Å². The van der Waals surface area contributed by atoms with Crippen molar-refractivity contribution in [3.8, 4) is 0 Å². The molecule has 0 atom stereocenters. The monoisotopic (exact) mass is 243 g/mol. The van der Waals surface area contributed by atoms with Gasteiger partial charge in [-0.3, -0.25) is 0 Å². The van der Waals surface area contributed by atoms with Gasteiger partial charge in [-0.15, -0.1) is 0 Å². The van der Waals surface area contributed by atoms with Gasteiger partial charge in [-0.1, -0.05) is 0 Å². The fourth-order valence-electron chi connectivity index (χ4n) is 2.00. The molecule has 0 radical (unpaired) electrons. The Bertz CT molecular complexity index is 406. The molecule has 1 aromatic rings. The highest BCUT2D eigenvalue weighted by atomic mass is 19.1. The van der Waals surface area contributed by atoms with Gasteiger partial charge in [-0.2, -0.15) is 0 Å². The Morgan fingerprint density at radius 2 is 2.00 bits per heavy atom. The zero-order chi connectivity index (χ0) is 12.4. The van der Waals surface area contributed by atoms with Crippen LogP contribution in [-0.2, 0) is 4.74 Å². The first kappa shape index (κ1) is 12.0. The fourth-order valence-corrected chi connectivity index (χ4v) is 2.00. The topological polar surface area (TPSA) is 51.4 Å². The number of hydrogen-bond donors (Lipinski definition) is 1. The SMILES string of the molecule is COC1CCN(c2nc(N)c(F)cc2F)CC1. The van der Waals surface area contributed by atoms with Crippen LogP contribution in [0.1, 0.15) is 12.8 Å². The molecule has 1 saturated heterocycles. The summed E-state index contributed by atoms with van der Waals surface area (Å²) in [7, 11) is 1.66. The minimum atomic E-state index is -0.821. The number of aromatic nitrogens is 1. The summed E-state index contributed by atoms with van der Waals surface area (Å²) in [5.41, 5.74) is 5.35. The molecule has 1 aliphatic rings. The molecule has 2 N–H and O–H groups in total. The fraction of sp³-hybridized carbons (Fsp3) is 0.545. The number of anilines is 2. The standard InChI is InChI=1S/C11H15F2N3O/c1-17-7-2-4-16(5-3-7)11-9(13)6-8(12)10(14)15-11/h6-7H,2-5H2,1H3,(H2,14,15). The van der Waals surface area contributed by atoms with Crippen LogP contribution in [0.4, 0.5) is 20.4 Å². The molecule has 1 aromatic heterocycles. The second kappa shape index (κ2) is 4.83. The van der Waals surface area contributed by atoms with Crippen molar-refractivity contribution in [1.29, 1.82) is 0 Å². The smallest absolute Gasteiger partial charge is 0.168 e. The number of nitrogens with two attached hydrogens (primary N) is 1. The van der Waals surface area contributed by atoms with Crippen LogP contribution >= 0.6 is 0 Å². The molecule has 0 amide bonds. The Labute approximate surface area is 98.4 Å². The minimum Gasteiger partial charge on any atom is -0.381 e. The van der Waals surface area contributed by atoms with Crippen molar-refractivity contribution < 1.29 is 13.5 Å². The normalized spacial score (nSPS) is 17.5. The lowest BCUT2D eigenvalue weighted by Crippen LogP contribution is -2.37. The maximum atomic E-state index is 13.6. The number of pyridine rings is 1. The van der Waals surface area contributed by atoms with E-state index in [1.165, 1.54) is 0 Å². The summed E-state index contributed by atoms with van der Waals surface area (Å²) in [5, 5.41) is 0. The van der Waals surface area contributed by atoms with Gasteiger partial charge in [0.2, 0.25) is 0 Å². The molecule has 94 valence electrons. The van der Waals surface area contributed by atoms with Crippen LogP contribution in [0.2, 0.25) is 0 Å². The Morgan fingerprint density at radius 3 is 2.59 bits per heavy atom. The Kier molecular flexibility index (Phi) is 3.42. The molecule has 2 rings (SSSR count). The lowest BCUT2D eigenvalue weighted by molar-refractivity contribution is 0.0816. The first-order valence-corrected chi connectivity index (χ1v) is 5.51. The molecule has 4 nitrogen and oxygen atoms in total. The zero-order valence-electron chi connectivity index (χ0n) is 9.62. The highest BCUT2D eigenvalue weighted by Gasteiger charge is 2.23. The Hall–Kier alpha value is -1.43. The van der Waals surface area contributed by atoms with Gasteiger partial charge in [0.15, 0.2) is 23.3 Å². The molecule has 0 aromatic carbocycles. The van der Waals surface area contributed by atoms with Gasteiger partial charge in [0.1, 0.15) is 0 Å². The minimum absolute atomic E-state index is 0.124. The van der Waals surface area contributed by atoms with E-state index >= 15 is 0 Å². The molecule has 6 heteroatoms. The maximum absolute atomic E-state index is 13.6. The third-order valence-corrected chi connectivity index (χ3v) is 3.01. The van der Waals surface area contributed by atoms with Gasteiger partial charge in [-0.25, -0.2) is 13.8 Å². The van der Waals surface area contributed by atoms with Gasteiger partial charge in [0.25, 0.3) is 0 Å². The van der Waals surface area contributed by atoms with Crippen molar-refractivity contribution in [1.82, 2.24) is 4.98 Å². The molecule has 17 heavy (non-hydrogen) atoms. The van der Waals surface area contributed by atoms with E-state index in [4.69, 9.17) is 10.5 Å². The van der Waals surface area contributed by atoms with Crippen molar-refractivity contribution in [3.05, 3.63) is 17.7 Å². The average molecular weight is 243 g/mol. The number of halogens is 2. The largest absolute Gasteiger partial charge is 0.381 e. The molecule has 1 aliphatic heterocycles. The third-order valence-electron chi connectivity index (χ3n) is 3.01. The van der Waals surface area contributed by atoms with Gasteiger partial charge in [0.05, 0.1) is 6.10 Å². The Balaban J connectivity index is 2.16. The summed E-state index contributed by atoms with van der Waals surface area (Å²) >= 11 is 0. The molecule has 1 fully saturated rings. The van der Waals surface area contributed by atoms with Gasteiger partial charge < -0.3 is 15.4 Å². The van der Waals surface area contributed by atoms with Gasteiger partial charge in [-0.05, 0) is 12.8 Å². The van der Waals surface area contributed by atoms with Crippen molar-refractivity contribution in [2.75, 3.05) is 30.8 Å². The molecule has 0 bridgehead atoms. The summed E-state index contributed by atoms with van der Waals surface area (Å²) < 4.78 is 31.8. The molecular weight excluding hydrogens is 228 g/mol. The number of piperidine rings is 1. The quantitative estimate of drug-likeness (QED) is 0.856.